The molecule has 0 bridgehead atoms. The Kier molecular flexibility index (Phi) is 5.81. The molecule has 0 N–H and O–H groups in total. The van der Waals surface area contributed by atoms with Gasteiger partial charge >= 0.3 is 5.97 Å². The largest absolute Gasteiger partial charge is 0.497 e. The maximum absolute atomic E-state index is 11.3. The Morgan fingerprint density at radius 3 is 2.04 bits per heavy atom. The number of carbonyl (C=O) groups excluding carboxylic acids is 1. The molecule has 0 aromatic heterocycles. The van der Waals surface area contributed by atoms with Crippen LogP contribution in [0.1, 0.15) is 54.4 Å². The summed E-state index contributed by atoms with van der Waals surface area (Å²) in [5, 5.41) is 0. The van der Waals surface area contributed by atoms with Crippen molar-refractivity contribution in [3.63, 3.8) is 0 Å². The Bertz CT molecular complexity index is 539. The first kappa shape index (κ1) is 21.2. The van der Waals surface area contributed by atoms with Crippen molar-refractivity contribution >= 4 is 5.97 Å². The topological polar surface area (TPSA) is 57.2 Å². The van der Waals surface area contributed by atoms with Crippen molar-refractivity contribution in [3.8, 4) is 0 Å². The highest BCUT2D eigenvalue weighted by atomic mass is 16.7. The standard InChI is InChI=1S/C20H35NO5/c1-15(9-16(22)23-8)24-12-19(6)13-25-20(26-14-19)10-17(2,3)21(7)18(4,5)11-20/h9H,10-14H2,1-8H3. The van der Waals surface area contributed by atoms with E-state index in [0.717, 1.165) is 12.8 Å². The van der Waals surface area contributed by atoms with E-state index >= 15 is 0 Å². The Morgan fingerprint density at radius 2 is 1.58 bits per heavy atom. The summed E-state index contributed by atoms with van der Waals surface area (Å²) in [7, 11) is 3.52. The minimum Gasteiger partial charge on any atom is -0.497 e. The van der Waals surface area contributed by atoms with E-state index in [1.165, 1.54) is 13.2 Å². The molecule has 6 nitrogen and oxygen atoms in total. The van der Waals surface area contributed by atoms with Gasteiger partial charge in [-0.15, -0.1) is 0 Å². The number of ether oxygens (including phenoxy) is 4. The molecule has 0 atom stereocenters. The average molecular weight is 370 g/mol. The van der Waals surface area contributed by atoms with Gasteiger partial charge in [-0.2, -0.15) is 0 Å². The first-order valence-electron chi connectivity index (χ1n) is 9.24. The van der Waals surface area contributed by atoms with Crippen LogP contribution in [0.3, 0.4) is 0 Å². The number of hydrogen-bond acceptors (Lipinski definition) is 6. The Hall–Kier alpha value is -1.11. The number of rotatable bonds is 4. The van der Waals surface area contributed by atoms with Gasteiger partial charge < -0.3 is 18.9 Å². The maximum atomic E-state index is 11.3. The Balaban J connectivity index is 1.99. The number of likely N-dealkylation sites (tertiary alicyclic amines) is 1. The van der Waals surface area contributed by atoms with Crippen LogP contribution in [0, 0.1) is 5.41 Å². The van der Waals surface area contributed by atoms with E-state index in [4.69, 9.17) is 14.2 Å². The molecule has 150 valence electrons. The van der Waals surface area contributed by atoms with Gasteiger partial charge in [0.05, 0.1) is 33.0 Å². The van der Waals surface area contributed by atoms with Gasteiger partial charge in [0.15, 0.2) is 5.79 Å². The van der Waals surface area contributed by atoms with E-state index in [-0.39, 0.29) is 16.5 Å². The molecule has 0 radical (unpaired) electrons. The number of hydrogen-bond donors (Lipinski definition) is 0. The molecular weight excluding hydrogens is 334 g/mol. The summed E-state index contributed by atoms with van der Waals surface area (Å²) >= 11 is 0. The normalized spacial score (nSPS) is 27.2. The number of nitrogens with zero attached hydrogens (tertiary/aromatic N) is 1. The predicted molar refractivity (Wildman–Crippen MR) is 99.6 cm³/mol. The van der Waals surface area contributed by atoms with Gasteiger partial charge in [0.25, 0.3) is 0 Å². The van der Waals surface area contributed by atoms with E-state index in [1.807, 2.05) is 0 Å². The zero-order valence-corrected chi connectivity index (χ0v) is 17.6. The third-order valence-corrected chi connectivity index (χ3v) is 5.76. The summed E-state index contributed by atoms with van der Waals surface area (Å²) in [6.07, 6.45) is 3.01. The fourth-order valence-electron chi connectivity index (χ4n) is 3.97. The molecule has 0 aromatic carbocycles. The molecule has 0 saturated carbocycles. The first-order chi connectivity index (χ1) is 11.8. The summed E-state index contributed by atoms with van der Waals surface area (Å²) in [4.78, 5) is 13.7. The lowest BCUT2D eigenvalue weighted by Gasteiger charge is -2.59. The molecule has 2 fully saturated rings. The lowest BCUT2D eigenvalue weighted by Crippen LogP contribution is -2.67. The third-order valence-electron chi connectivity index (χ3n) is 5.76. The molecule has 0 unspecified atom stereocenters. The SMILES string of the molecule is COC(=O)C=C(C)OCC1(C)COC2(CC(C)(C)N(C)C(C)(C)C2)OC1. The lowest BCUT2D eigenvalue weighted by atomic mass is 9.75. The molecule has 2 heterocycles. The molecule has 2 aliphatic heterocycles. The van der Waals surface area contributed by atoms with Gasteiger partial charge in [0.2, 0.25) is 0 Å². The van der Waals surface area contributed by atoms with Crippen molar-refractivity contribution < 1.29 is 23.7 Å². The zero-order valence-electron chi connectivity index (χ0n) is 17.6. The van der Waals surface area contributed by atoms with E-state index in [1.54, 1.807) is 6.92 Å². The summed E-state index contributed by atoms with van der Waals surface area (Å²) in [5.74, 6) is -0.436. The molecule has 0 aliphatic carbocycles. The van der Waals surface area contributed by atoms with Crippen LogP contribution < -0.4 is 0 Å². The van der Waals surface area contributed by atoms with Crippen molar-refractivity contribution in [1.29, 1.82) is 0 Å². The number of methoxy groups -OCH3 is 1. The second kappa shape index (κ2) is 7.13. The molecule has 26 heavy (non-hydrogen) atoms. The minimum atomic E-state index is -0.546. The van der Waals surface area contributed by atoms with Gasteiger partial charge in [0.1, 0.15) is 5.76 Å². The van der Waals surface area contributed by atoms with Crippen molar-refractivity contribution in [3.05, 3.63) is 11.8 Å². The summed E-state index contributed by atoms with van der Waals surface area (Å²) in [5.41, 5.74) is -0.272. The van der Waals surface area contributed by atoms with Crippen LogP contribution in [-0.4, -0.2) is 61.7 Å². The van der Waals surface area contributed by atoms with Gasteiger partial charge in [0, 0.05) is 29.3 Å². The van der Waals surface area contributed by atoms with Crippen LogP contribution in [0.5, 0.6) is 0 Å². The molecule has 0 aromatic rings. The van der Waals surface area contributed by atoms with Crippen LogP contribution in [0.2, 0.25) is 0 Å². The fourth-order valence-corrected chi connectivity index (χ4v) is 3.97. The smallest absolute Gasteiger partial charge is 0.333 e. The van der Waals surface area contributed by atoms with Crippen molar-refractivity contribution in [2.75, 3.05) is 34.0 Å². The molecule has 6 heteroatoms. The van der Waals surface area contributed by atoms with Crippen LogP contribution in [0.4, 0.5) is 0 Å². The van der Waals surface area contributed by atoms with Gasteiger partial charge in [-0.1, -0.05) is 6.92 Å². The number of esters is 1. The van der Waals surface area contributed by atoms with E-state index < -0.39 is 11.8 Å². The summed E-state index contributed by atoms with van der Waals surface area (Å²) < 4.78 is 23.0. The van der Waals surface area contributed by atoms with E-state index in [0.29, 0.717) is 25.6 Å². The molecule has 0 amide bonds. The number of allylic oxidation sites excluding steroid dienone is 1. The quantitative estimate of drug-likeness (QED) is 0.431. The van der Waals surface area contributed by atoms with Crippen molar-refractivity contribution in [2.45, 2.75) is 71.2 Å². The fraction of sp³-hybridized carbons (Fsp3) is 0.850. The summed E-state index contributed by atoms with van der Waals surface area (Å²) in [6, 6.07) is 0. The second-order valence-corrected chi connectivity index (χ2v) is 9.40. The molecular formula is C20H35NO5. The van der Waals surface area contributed by atoms with Crippen LogP contribution in [0.15, 0.2) is 11.8 Å². The van der Waals surface area contributed by atoms with Gasteiger partial charge in [-0.05, 0) is 41.7 Å². The van der Waals surface area contributed by atoms with Crippen LogP contribution in [-0.2, 0) is 23.7 Å². The number of piperidine rings is 1. The second-order valence-electron chi connectivity index (χ2n) is 9.40. The van der Waals surface area contributed by atoms with E-state index in [2.05, 4.69) is 51.3 Å². The molecule has 2 rings (SSSR count). The molecule has 1 spiro atoms. The average Bonchev–Trinajstić information content (AvgIpc) is 2.54. The van der Waals surface area contributed by atoms with Crippen molar-refractivity contribution in [1.82, 2.24) is 4.90 Å². The maximum Gasteiger partial charge on any atom is 0.333 e. The van der Waals surface area contributed by atoms with E-state index in [9.17, 15) is 4.79 Å². The monoisotopic (exact) mass is 369 g/mol. The first-order valence-corrected chi connectivity index (χ1v) is 9.24. The lowest BCUT2D eigenvalue weighted by molar-refractivity contribution is -0.341. The number of carbonyl (C=O) groups is 1. The van der Waals surface area contributed by atoms with Crippen molar-refractivity contribution in [2.24, 2.45) is 5.41 Å². The van der Waals surface area contributed by atoms with Gasteiger partial charge in [-0.25, -0.2) is 4.79 Å². The third kappa shape index (κ3) is 4.59. The zero-order chi connectivity index (χ0) is 19.8. The molecule has 2 saturated heterocycles. The Labute approximate surface area is 157 Å². The highest BCUT2D eigenvalue weighted by molar-refractivity contribution is 5.82. The minimum absolute atomic E-state index is 0.00810. The van der Waals surface area contributed by atoms with Gasteiger partial charge in [-0.3, -0.25) is 4.90 Å². The highest BCUT2D eigenvalue weighted by Gasteiger charge is 2.55. The van der Waals surface area contributed by atoms with Crippen LogP contribution >= 0.6 is 0 Å². The summed E-state index contributed by atoms with van der Waals surface area (Å²) in [6.45, 7) is 14.3. The molecule has 2 aliphatic rings. The van der Waals surface area contributed by atoms with Crippen LogP contribution in [0.25, 0.3) is 0 Å². The Morgan fingerprint density at radius 1 is 1.08 bits per heavy atom. The predicted octanol–water partition coefficient (Wildman–Crippen LogP) is 3.11. The highest BCUT2D eigenvalue weighted by Crippen LogP contribution is 2.47.